The van der Waals surface area contributed by atoms with E-state index in [1.54, 1.807) is 42.2 Å². The molecule has 0 bridgehead atoms. The van der Waals surface area contributed by atoms with Gasteiger partial charge < -0.3 is 20.3 Å². The van der Waals surface area contributed by atoms with E-state index in [0.717, 1.165) is 41.6 Å². The molecule has 3 aliphatic carbocycles. The van der Waals surface area contributed by atoms with Crippen LogP contribution in [-0.2, 0) is 37.4 Å². The van der Waals surface area contributed by atoms with Gasteiger partial charge in [0.15, 0.2) is 0 Å². The maximum atomic E-state index is 14.8. The van der Waals surface area contributed by atoms with Crippen molar-refractivity contribution in [3.63, 3.8) is 0 Å². The van der Waals surface area contributed by atoms with Gasteiger partial charge in [-0.25, -0.2) is 8.42 Å². The van der Waals surface area contributed by atoms with Crippen molar-refractivity contribution in [2.45, 2.75) is 102 Å². The predicted molar refractivity (Wildman–Crippen MR) is 210 cm³/mol. The molecule has 0 spiro atoms. The minimum absolute atomic E-state index is 0.151. The van der Waals surface area contributed by atoms with E-state index in [2.05, 4.69) is 35.8 Å². The summed E-state index contributed by atoms with van der Waals surface area (Å²) in [5.41, 5.74) is 1.92. The maximum Gasteiger partial charge on any atom is 0.259 e. The molecule has 4 aliphatic rings. The lowest BCUT2D eigenvalue weighted by Crippen LogP contribution is -2.64. The molecule has 3 aromatic carbocycles. The van der Waals surface area contributed by atoms with E-state index in [1.165, 1.54) is 0 Å². The molecule has 3 fully saturated rings. The molecule has 3 saturated carbocycles. The number of rotatable bonds is 11. The van der Waals surface area contributed by atoms with Crippen molar-refractivity contribution in [2.75, 3.05) is 5.32 Å². The zero-order chi connectivity index (χ0) is 38.6. The van der Waals surface area contributed by atoms with E-state index < -0.39 is 50.0 Å². The number of fused-ring (bicyclic) bond motifs is 1. The zero-order valence-corrected chi connectivity index (χ0v) is 32.9. The van der Waals surface area contributed by atoms with Crippen molar-refractivity contribution >= 4 is 45.0 Å². The SMILES string of the molecule is C=CC1CC1(NC(=O)C1Cc2cc(Oc3cccc(Cl)c3)ccc2CN1C(=O)C1C(Nc2ccc(C)cc2)CC1(C)C)C(=O)NS(=O)(=O)C1(C)CCCC1. The highest BCUT2D eigenvalue weighted by Gasteiger charge is 2.62. The third kappa shape index (κ3) is 7.12. The summed E-state index contributed by atoms with van der Waals surface area (Å²) in [6.45, 7) is 11.9. The van der Waals surface area contributed by atoms with Crippen LogP contribution in [0.5, 0.6) is 11.5 Å². The van der Waals surface area contributed by atoms with Gasteiger partial charge >= 0.3 is 0 Å². The van der Waals surface area contributed by atoms with Gasteiger partial charge in [0.2, 0.25) is 21.8 Å². The minimum atomic E-state index is -4.03. The Bertz CT molecular complexity index is 2100. The number of anilines is 1. The number of carbonyl (C=O) groups is 3. The molecular weight excluding hydrogens is 724 g/mol. The van der Waals surface area contributed by atoms with Gasteiger partial charge in [0.1, 0.15) is 23.1 Å². The molecule has 5 atom stereocenters. The molecule has 1 aliphatic heterocycles. The number of aryl methyl sites for hydroxylation is 1. The van der Waals surface area contributed by atoms with Crippen molar-refractivity contribution in [1.29, 1.82) is 0 Å². The smallest absolute Gasteiger partial charge is 0.259 e. The summed E-state index contributed by atoms with van der Waals surface area (Å²) in [4.78, 5) is 45.0. The van der Waals surface area contributed by atoms with Gasteiger partial charge in [0.25, 0.3) is 5.91 Å². The Kier molecular flexibility index (Phi) is 9.88. The van der Waals surface area contributed by atoms with Crippen LogP contribution in [0.4, 0.5) is 5.69 Å². The Hall–Kier alpha value is -4.35. The Balaban J connectivity index is 1.18. The van der Waals surface area contributed by atoms with Gasteiger partial charge in [-0.15, -0.1) is 6.58 Å². The fourth-order valence-corrected chi connectivity index (χ4v) is 10.4. The van der Waals surface area contributed by atoms with Crippen molar-refractivity contribution < 1.29 is 27.5 Å². The number of amides is 3. The number of carbonyl (C=O) groups excluding carboxylic acids is 3. The van der Waals surface area contributed by atoms with Gasteiger partial charge in [-0.05, 0) is 98.5 Å². The highest BCUT2D eigenvalue weighted by molar-refractivity contribution is 7.91. The van der Waals surface area contributed by atoms with Gasteiger partial charge in [0.05, 0.1) is 10.7 Å². The lowest BCUT2D eigenvalue weighted by molar-refractivity contribution is -0.154. The molecule has 10 nitrogen and oxygen atoms in total. The number of sulfonamides is 1. The Morgan fingerprint density at radius 3 is 2.30 bits per heavy atom. The molecule has 0 aromatic heterocycles. The number of halogens is 1. The predicted octanol–water partition coefficient (Wildman–Crippen LogP) is 7.06. The summed E-state index contributed by atoms with van der Waals surface area (Å²) in [6.07, 6.45) is 5.14. The van der Waals surface area contributed by atoms with Crippen molar-refractivity contribution in [3.8, 4) is 11.5 Å². The molecule has 3 amide bonds. The summed E-state index contributed by atoms with van der Waals surface area (Å²) in [5, 5.41) is 7.04. The van der Waals surface area contributed by atoms with Crippen molar-refractivity contribution in [3.05, 3.63) is 101 Å². The quantitative estimate of drug-likeness (QED) is 0.178. The Morgan fingerprint density at radius 1 is 0.944 bits per heavy atom. The van der Waals surface area contributed by atoms with Crippen LogP contribution in [0.25, 0.3) is 0 Å². The molecule has 0 radical (unpaired) electrons. The van der Waals surface area contributed by atoms with Crippen LogP contribution < -0.4 is 20.1 Å². The number of benzene rings is 3. The third-order valence-electron chi connectivity index (χ3n) is 12.2. The second-order valence-electron chi connectivity index (χ2n) is 16.6. The van der Waals surface area contributed by atoms with E-state index in [4.69, 9.17) is 16.3 Å². The molecule has 286 valence electrons. The van der Waals surface area contributed by atoms with Crippen LogP contribution in [0.2, 0.25) is 5.02 Å². The molecule has 3 N–H and O–H groups in total. The molecular formula is C42H49ClN4O6S. The Labute approximate surface area is 323 Å². The molecule has 0 saturated heterocycles. The summed E-state index contributed by atoms with van der Waals surface area (Å²) in [6, 6.07) is 19.6. The monoisotopic (exact) mass is 772 g/mol. The van der Waals surface area contributed by atoms with Crippen LogP contribution >= 0.6 is 11.6 Å². The topological polar surface area (TPSA) is 134 Å². The highest BCUT2D eigenvalue weighted by Crippen LogP contribution is 2.50. The first-order valence-corrected chi connectivity index (χ1v) is 20.6. The number of ether oxygens (including phenoxy) is 1. The summed E-state index contributed by atoms with van der Waals surface area (Å²) in [7, 11) is -4.03. The summed E-state index contributed by atoms with van der Waals surface area (Å²) in [5.74, 6) is -1.26. The fraction of sp³-hybridized carbons (Fsp3) is 0.452. The number of hydrogen-bond donors (Lipinski definition) is 3. The van der Waals surface area contributed by atoms with Gasteiger partial charge in [-0.1, -0.05) is 74.2 Å². The number of nitrogens with zero attached hydrogens (tertiary/aromatic N) is 1. The van der Waals surface area contributed by atoms with Gasteiger partial charge in [-0.2, -0.15) is 0 Å². The third-order valence-corrected chi connectivity index (χ3v) is 14.6. The fourth-order valence-electron chi connectivity index (χ4n) is 8.70. The van der Waals surface area contributed by atoms with E-state index in [-0.39, 0.29) is 36.8 Å². The van der Waals surface area contributed by atoms with Crippen molar-refractivity contribution in [1.82, 2.24) is 14.9 Å². The normalized spacial score (nSPS) is 26.4. The number of nitrogens with one attached hydrogen (secondary N) is 3. The van der Waals surface area contributed by atoms with E-state index in [1.807, 2.05) is 49.4 Å². The molecule has 3 aromatic rings. The van der Waals surface area contributed by atoms with E-state index in [0.29, 0.717) is 29.4 Å². The number of hydrogen-bond acceptors (Lipinski definition) is 7. The highest BCUT2D eigenvalue weighted by atomic mass is 35.5. The summed E-state index contributed by atoms with van der Waals surface area (Å²) >= 11 is 6.19. The first-order chi connectivity index (χ1) is 25.5. The molecule has 5 unspecified atom stereocenters. The molecule has 1 heterocycles. The molecule has 7 rings (SSSR count). The van der Waals surface area contributed by atoms with Gasteiger partial charge in [0, 0.05) is 35.6 Å². The first kappa shape index (κ1) is 37.9. The molecule has 12 heteroatoms. The lowest BCUT2D eigenvalue weighted by atomic mass is 9.58. The molecule has 54 heavy (non-hydrogen) atoms. The van der Waals surface area contributed by atoms with Crippen LogP contribution in [0.3, 0.4) is 0 Å². The van der Waals surface area contributed by atoms with Crippen LogP contribution in [-0.4, -0.2) is 53.4 Å². The zero-order valence-electron chi connectivity index (χ0n) is 31.3. The van der Waals surface area contributed by atoms with Crippen LogP contribution in [0.1, 0.15) is 76.0 Å². The lowest BCUT2D eigenvalue weighted by Gasteiger charge is -2.53. The average molecular weight is 773 g/mol. The van der Waals surface area contributed by atoms with Crippen molar-refractivity contribution in [2.24, 2.45) is 17.3 Å². The van der Waals surface area contributed by atoms with E-state index >= 15 is 0 Å². The Morgan fingerprint density at radius 2 is 1.65 bits per heavy atom. The second kappa shape index (κ2) is 14.1. The average Bonchev–Trinajstić information content (AvgIpc) is 3.64. The second-order valence-corrected chi connectivity index (χ2v) is 19.2. The summed E-state index contributed by atoms with van der Waals surface area (Å²) < 4.78 is 34.4. The minimum Gasteiger partial charge on any atom is -0.457 e. The maximum absolute atomic E-state index is 14.8. The van der Waals surface area contributed by atoms with Gasteiger partial charge in [-0.3, -0.25) is 19.1 Å². The van der Waals surface area contributed by atoms with E-state index in [9.17, 15) is 22.8 Å². The largest absolute Gasteiger partial charge is 0.457 e. The first-order valence-electron chi connectivity index (χ1n) is 18.7. The standard InChI is InChI=1S/C42H49ClN4O6S/c1-6-29-23-42(29,39(50)46-54(51,52)41(5)18-7-8-19-41)45-37(48)35-21-28-20-33(53-32-11-9-10-30(43)22-32)17-14-27(28)25-47(35)38(49)36-34(24-40(36,3)4)44-31-15-12-26(2)13-16-31/h6,9-17,20,22,29,34-36,44H,1,7-8,18-19,21,23-25H2,2-5H3,(H,45,48)(H,46,50). The van der Waals surface area contributed by atoms with Crippen LogP contribution in [0.15, 0.2) is 79.4 Å². The van der Waals surface area contributed by atoms with Crippen LogP contribution in [0, 0.1) is 24.2 Å².